The maximum absolute atomic E-state index is 14.0. The first-order valence-electron chi connectivity index (χ1n) is 9.37. The number of pyridine rings is 1. The van der Waals surface area contributed by atoms with Gasteiger partial charge in [-0.2, -0.15) is 0 Å². The molecule has 7 heteroatoms. The predicted molar refractivity (Wildman–Crippen MR) is 108 cm³/mol. The summed E-state index contributed by atoms with van der Waals surface area (Å²) in [6, 6.07) is 16.1. The summed E-state index contributed by atoms with van der Waals surface area (Å²) in [5.74, 6) is -0.173. The first-order valence-corrected chi connectivity index (χ1v) is 9.37. The number of benzene rings is 2. The highest BCUT2D eigenvalue weighted by Crippen LogP contribution is 2.21. The molecule has 1 aliphatic heterocycles. The summed E-state index contributed by atoms with van der Waals surface area (Å²) in [5.41, 5.74) is 1.63. The molecule has 3 aromatic rings. The maximum Gasteiger partial charge on any atom is 0.255 e. The van der Waals surface area contributed by atoms with Crippen LogP contribution in [0.4, 0.5) is 26.0 Å². The quantitative estimate of drug-likeness (QED) is 0.725. The molecule has 0 unspecified atom stereocenters. The van der Waals surface area contributed by atoms with E-state index in [2.05, 4.69) is 10.3 Å². The lowest BCUT2D eigenvalue weighted by molar-refractivity contribution is 0.0746. The molecule has 2 aromatic carbocycles. The van der Waals surface area contributed by atoms with Gasteiger partial charge in [0, 0.05) is 38.1 Å². The van der Waals surface area contributed by atoms with Gasteiger partial charge in [0.1, 0.15) is 17.5 Å². The van der Waals surface area contributed by atoms with Crippen molar-refractivity contribution in [1.29, 1.82) is 0 Å². The monoisotopic (exact) mass is 394 g/mol. The Morgan fingerprint density at radius 3 is 2.41 bits per heavy atom. The molecule has 0 saturated carbocycles. The third kappa shape index (κ3) is 4.34. The number of halogens is 2. The van der Waals surface area contributed by atoms with E-state index in [1.54, 1.807) is 47.4 Å². The van der Waals surface area contributed by atoms with Crippen molar-refractivity contribution in [2.24, 2.45) is 0 Å². The molecular formula is C22H20F2N4O. The minimum absolute atomic E-state index is 0.108. The third-order valence-electron chi connectivity index (χ3n) is 4.87. The van der Waals surface area contributed by atoms with Gasteiger partial charge in [0.25, 0.3) is 5.91 Å². The number of carbonyl (C=O) groups excluding carboxylic acids is 1. The summed E-state index contributed by atoms with van der Waals surface area (Å²) in [7, 11) is 0. The van der Waals surface area contributed by atoms with Crippen LogP contribution in [0.1, 0.15) is 10.4 Å². The topological polar surface area (TPSA) is 48.5 Å². The number of para-hydroxylation sites is 1. The van der Waals surface area contributed by atoms with E-state index in [0.717, 1.165) is 0 Å². The number of nitrogens with zero attached hydrogens (tertiary/aromatic N) is 3. The number of rotatable bonds is 4. The van der Waals surface area contributed by atoms with Crippen molar-refractivity contribution in [2.45, 2.75) is 0 Å². The predicted octanol–water partition coefficient (Wildman–Crippen LogP) is 4.07. The maximum atomic E-state index is 14.0. The van der Waals surface area contributed by atoms with Crippen molar-refractivity contribution in [3.63, 3.8) is 0 Å². The fourth-order valence-corrected chi connectivity index (χ4v) is 3.35. The minimum atomic E-state index is -0.337. The smallest absolute Gasteiger partial charge is 0.255 e. The number of aromatic nitrogens is 1. The van der Waals surface area contributed by atoms with Crippen LogP contribution in [-0.4, -0.2) is 42.0 Å². The van der Waals surface area contributed by atoms with Gasteiger partial charge in [0.2, 0.25) is 0 Å². The zero-order chi connectivity index (χ0) is 20.2. The lowest BCUT2D eigenvalue weighted by atomic mass is 10.2. The van der Waals surface area contributed by atoms with Crippen molar-refractivity contribution in [3.8, 4) is 0 Å². The molecule has 0 radical (unpaired) electrons. The zero-order valence-corrected chi connectivity index (χ0v) is 15.7. The van der Waals surface area contributed by atoms with Gasteiger partial charge in [-0.25, -0.2) is 13.8 Å². The number of amides is 1. The van der Waals surface area contributed by atoms with Gasteiger partial charge < -0.3 is 15.1 Å². The second-order valence-corrected chi connectivity index (χ2v) is 6.80. The normalized spacial score (nSPS) is 14.0. The fraction of sp³-hybridized carbons (Fsp3) is 0.182. The van der Waals surface area contributed by atoms with Crippen LogP contribution in [0, 0.1) is 11.6 Å². The SMILES string of the molecule is O=C(c1ccc(Nc2cccc(F)c2)nc1)N1CCN(c2ccccc2F)CC1. The van der Waals surface area contributed by atoms with Gasteiger partial charge in [-0.15, -0.1) is 0 Å². The Balaban J connectivity index is 1.37. The van der Waals surface area contributed by atoms with Crippen molar-refractivity contribution in [2.75, 3.05) is 36.4 Å². The molecule has 1 N–H and O–H groups in total. The van der Waals surface area contributed by atoms with Crippen LogP contribution in [0.3, 0.4) is 0 Å². The van der Waals surface area contributed by atoms with E-state index < -0.39 is 0 Å². The van der Waals surface area contributed by atoms with Crippen LogP contribution in [-0.2, 0) is 0 Å². The Hall–Kier alpha value is -3.48. The zero-order valence-electron chi connectivity index (χ0n) is 15.7. The van der Waals surface area contributed by atoms with Gasteiger partial charge in [0.15, 0.2) is 0 Å². The molecule has 148 valence electrons. The molecule has 0 spiro atoms. The molecule has 0 atom stereocenters. The Bertz CT molecular complexity index is 1000. The molecule has 1 fully saturated rings. The molecule has 1 aromatic heterocycles. The largest absolute Gasteiger partial charge is 0.366 e. The average molecular weight is 394 g/mol. The molecule has 0 aliphatic carbocycles. The number of piperazine rings is 1. The van der Waals surface area contributed by atoms with Gasteiger partial charge in [-0.05, 0) is 42.5 Å². The summed E-state index contributed by atoms with van der Waals surface area (Å²) < 4.78 is 27.2. The van der Waals surface area contributed by atoms with Crippen molar-refractivity contribution >= 4 is 23.1 Å². The van der Waals surface area contributed by atoms with Gasteiger partial charge in [0.05, 0.1) is 11.3 Å². The van der Waals surface area contributed by atoms with E-state index in [4.69, 9.17) is 0 Å². The second-order valence-electron chi connectivity index (χ2n) is 6.80. The third-order valence-corrected chi connectivity index (χ3v) is 4.87. The lowest BCUT2D eigenvalue weighted by Gasteiger charge is -2.36. The first-order chi connectivity index (χ1) is 14.1. The summed E-state index contributed by atoms with van der Waals surface area (Å²) in [4.78, 5) is 20.7. The van der Waals surface area contributed by atoms with Crippen molar-refractivity contribution in [1.82, 2.24) is 9.88 Å². The highest BCUT2D eigenvalue weighted by atomic mass is 19.1. The van der Waals surface area contributed by atoms with E-state index in [1.165, 1.54) is 24.4 Å². The molecule has 1 saturated heterocycles. The molecule has 2 heterocycles. The number of carbonyl (C=O) groups is 1. The van der Waals surface area contributed by atoms with Crippen LogP contribution < -0.4 is 10.2 Å². The lowest BCUT2D eigenvalue weighted by Crippen LogP contribution is -2.49. The Kier molecular flexibility index (Phi) is 5.37. The number of nitrogens with one attached hydrogen (secondary N) is 1. The highest BCUT2D eigenvalue weighted by Gasteiger charge is 2.23. The van der Waals surface area contributed by atoms with Gasteiger partial charge in [-0.1, -0.05) is 18.2 Å². The van der Waals surface area contributed by atoms with Crippen LogP contribution in [0.25, 0.3) is 0 Å². The summed E-state index contributed by atoms with van der Waals surface area (Å²) in [5, 5.41) is 3.00. The van der Waals surface area contributed by atoms with E-state index in [-0.39, 0.29) is 17.5 Å². The molecule has 29 heavy (non-hydrogen) atoms. The van der Waals surface area contributed by atoms with Gasteiger partial charge in [-0.3, -0.25) is 4.79 Å². The standard InChI is InChI=1S/C22H20F2N4O/c23-17-4-3-5-18(14-17)26-21-9-8-16(15-25-21)22(29)28-12-10-27(11-13-28)20-7-2-1-6-19(20)24/h1-9,14-15H,10-13H2,(H,25,26). The van der Waals surface area contributed by atoms with Crippen LogP contribution in [0.5, 0.6) is 0 Å². The number of anilines is 3. The van der Waals surface area contributed by atoms with E-state index in [1.807, 2.05) is 4.90 Å². The summed E-state index contributed by atoms with van der Waals surface area (Å²) >= 11 is 0. The van der Waals surface area contributed by atoms with Gasteiger partial charge >= 0.3 is 0 Å². The summed E-state index contributed by atoms with van der Waals surface area (Å²) in [6.07, 6.45) is 1.51. The molecule has 1 aliphatic rings. The first kappa shape index (κ1) is 18.9. The van der Waals surface area contributed by atoms with Crippen LogP contribution in [0.15, 0.2) is 66.9 Å². The molecule has 1 amide bonds. The molecule has 4 rings (SSSR count). The Morgan fingerprint density at radius 1 is 0.931 bits per heavy atom. The van der Waals surface area contributed by atoms with E-state index >= 15 is 0 Å². The number of hydrogen-bond acceptors (Lipinski definition) is 4. The fourth-order valence-electron chi connectivity index (χ4n) is 3.35. The van der Waals surface area contributed by atoms with E-state index in [0.29, 0.717) is 48.9 Å². The minimum Gasteiger partial charge on any atom is -0.366 e. The highest BCUT2D eigenvalue weighted by molar-refractivity contribution is 5.94. The molecule has 5 nitrogen and oxygen atoms in total. The van der Waals surface area contributed by atoms with Crippen LogP contribution in [0.2, 0.25) is 0 Å². The van der Waals surface area contributed by atoms with E-state index in [9.17, 15) is 13.6 Å². The summed E-state index contributed by atoms with van der Waals surface area (Å²) in [6.45, 7) is 2.16. The Morgan fingerprint density at radius 2 is 1.72 bits per heavy atom. The average Bonchev–Trinajstić information content (AvgIpc) is 2.74. The number of hydrogen-bond donors (Lipinski definition) is 1. The van der Waals surface area contributed by atoms with Crippen molar-refractivity contribution < 1.29 is 13.6 Å². The van der Waals surface area contributed by atoms with Crippen molar-refractivity contribution in [3.05, 3.63) is 84.1 Å². The van der Waals surface area contributed by atoms with Crippen LogP contribution >= 0.6 is 0 Å². The Labute approximate surface area is 167 Å². The molecule has 0 bridgehead atoms. The molecular weight excluding hydrogens is 374 g/mol. The second kappa shape index (κ2) is 8.26.